The molecule has 1 atom stereocenters. The summed E-state index contributed by atoms with van der Waals surface area (Å²) in [7, 11) is 0. The molecule has 0 bridgehead atoms. The number of hydrogen-bond donors (Lipinski definition) is 0. The predicted molar refractivity (Wildman–Crippen MR) is 69.0 cm³/mol. The molecule has 0 fully saturated rings. The van der Waals surface area contributed by atoms with Crippen molar-refractivity contribution < 1.29 is 0 Å². The summed E-state index contributed by atoms with van der Waals surface area (Å²) in [5, 5.41) is 10.3. The van der Waals surface area contributed by atoms with Gasteiger partial charge in [-0.25, -0.2) is 0 Å². The Labute approximate surface area is 107 Å². The Bertz CT molecular complexity index is 382. The summed E-state index contributed by atoms with van der Waals surface area (Å²) in [4.78, 5) is 0. The Balaban J connectivity index is 2.76. The highest BCUT2D eigenvalue weighted by molar-refractivity contribution is 6.35. The first kappa shape index (κ1) is 13.4. The number of hydrogen-bond acceptors (Lipinski definition) is 1. The first-order valence-electron chi connectivity index (χ1n) is 5.53. The maximum absolute atomic E-state index is 9.13. The van der Waals surface area contributed by atoms with Gasteiger partial charge >= 0.3 is 0 Å². The zero-order chi connectivity index (χ0) is 12.0. The smallest absolute Gasteiger partial charge is 0.0727 e. The molecule has 86 valence electrons. The molecule has 0 aromatic heterocycles. The fraction of sp³-hybridized carbons (Fsp3) is 0.462. The molecular formula is C13H15Cl2N. The third kappa shape index (κ3) is 3.70. The first-order chi connectivity index (χ1) is 7.69. The van der Waals surface area contributed by atoms with Gasteiger partial charge in [-0.15, -0.1) is 0 Å². The minimum atomic E-state index is -0.115. The molecule has 0 spiro atoms. The van der Waals surface area contributed by atoms with Crippen LogP contribution < -0.4 is 0 Å². The molecule has 0 radical (unpaired) electrons. The van der Waals surface area contributed by atoms with Gasteiger partial charge in [-0.05, 0) is 24.1 Å². The molecular weight excluding hydrogens is 241 g/mol. The van der Waals surface area contributed by atoms with E-state index in [2.05, 4.69) is 13.0 Å². The summed E-state index contributed by atoms with van der Waals surface area (Å²) in [5.41, 5.74) is 0.893. The van der Waals surface area contributed by atoms with E-state index in [1.807, 2.05) is 6.07 Å². The van der Waals surface area contributed by atoms with Crippen molar-refractivity contribution in [3.63, 3.8) is 0 Å². The Morgan fingerprint density at radius 2 is 2.06 bits per heavy atom. The average molecular weight is 256 g/mol. The van der Waals surface area contributed by atoms with Gasteiger partial charge in [0.2, 0.25) is 0 Å². The van der Waals surface area contributed by atoms with Gasteiger partial charge in [0.25, 0.3) is 0 Å². The summed E-state index contributed by atoms with van der Waals surface area (Å²) in [6.07, 6.45) is 4.25. The van der Waals surface area contributed by atoms with Crippen LogP contribution in [0.2, 0.25) is 10.0 Å². The lowest BCUT2D eigenvalue weighted by Crippen LogP contribution is -1.97. The molecule has 1 rings (SSSR count). The molecule has 1 aromatic carbocycles. The monoisotopic (exact) mass is 255 g/mol. The van der Waals surface area contributed by atoms with Crippen LogP contribution in [0.1, 0.15) is 44.1 Å². The molecule has 0 aliphatic rings. The van der Waals surface area contributed by atoms with Crippen molar-refractivity contribution in [3.05, 3.63) is 33.8 Å². The number of unbranched alkanes of at least 4 members (excludes halogenated alkanes) is 2. The van der Waals surface area contributed by atoms with Gasteiger partial charge in [0.1, 0.15) is 0 Å². The molecule has 0 amide bonds. The number of halogens is 2. The lowest BCUT2D eigenvalue weighted by Gasteiger charge is -2.11. The van der Waals surface area contributed by atoms with E-state index in [0.717, 1.165) is 31.2 Å². The highest BCUT2D eigenvalue weighted by Gasteiger charge is 2.13. The van der Waals surface area contributed by atoms with Crippen molar-refractivity contribution in [2.24, 2.45) is 0 Å². The van der Waals surface area contributed by atoms with Crippen molar-refractivity contribution in [2.75, 3.05) is 0 Å². The summed E-state index contributed by atoms with van der Waals surface area (Å²) in [5.74, 6) is -0.115. The Morgan fingerprint density at radius 3 is 2.62 bits per heavy atom. The summed E-state index contributed by atoms with van der Waals surface area (Å²) in [6.45, 7) is 2.15. The fourth-order valence-corrected chi connectivity index (χ4v) is 2.21. The molecule has 0 aliphatic heterocycles. The van der Waals surface area contributed by atoms with E-state index >= 15 is 0 Å². The summed E-state index contributed by atoms with van der Waals surface area (Å²) < 4.78 is 0. The zero-order valence-electron chi connectivity index (χ0n) is 9.34. The van der Waals surface area contributed by atoms with Gasteiger partial charge in [-0.1, -0.05) is 55.5 Å². The van der Waals surface area contributed by atoms with Crippen LogP contribution in [0.25, 0.3) is 0 Å². The van der Waals surface area contributed by atoms with Gasteiger partial charge in [0.15, 0.2) is 0 Å². The predicted octanol–water partition coefficient (Wildman–Crippen LogP) is 5.18. The van der Waals surface area contributed by atoms with Crippen LogP contribution in [-0.2, 0) is 0 Å². The van der Waals surface area contributed by atoms with E-state index < -0.39 is 0 Å². The van der Waals surface area contributed by atoms with Crippen LogP contribution in [-0.4, -0.2) is 0 Å². The van der Waals surface area contributed by atoms with Crippen molar-refractivity contribution >= 4 is 23.2 Å². The van der Waals surface area contributed by atoms with Crippen LogP contribution in [0.15, 0.2) is 18.2 Å². The van der Waals surface area contributed by atoms with Crippen LogP contribution in [0.4, 0.5) is 0 Å². The van der Waals surface area contributed by atoms with Gasteiger partial charge in [-0.3, -0.25) is 0 Å². The van der Waals surface area contributed by atoms with Gasteiger partial charge in [0, 0.05) is 10.0 Å². The maximum atomic E-state index is 9.13. The second-order valence-corrected chi connectivity index (χ2v) is 4.69. The number of rotatable bonds is 5. The normalized spacial score (nSPS) is 12.1. The van der Waals surface area contributed by atoms with E-state index in [9.17, 15) is 0 Å². The van der Waals surface area contributed by atoms with Gasteiger partial charge < -0.3 is 0 Å². The van der Waals surface area contributed by atoms with E-state index in [4.69, 9.17) is 28.5 Å². The molecule has 3 heteroatoms. The van der Waals surface area contributed by atoms with Crippen LogP contribution in [0.5, 0.6) is 0 Å². The number of nitrogens with zero attached hydrogens (tertiary/aromatic N) is 1. The topological polar surface area (TPSA) is 23.8 Å². The lowest BCUT2D eigenvalue weighted by molar-refractivity contribution is 0.634. The largest absolute Gasteiger partial charge is 0.198 e. The van der Waals surface area contributed by atoms with Crippen molar-refractivity contribution in [1.29, 1.82) is 5.26 Å². The molecule has 0 aliphatic carbocycles. The minimum Gasteiger partial charge on any atom is -0.198 e. The standard InChI is InChI=1S/C13H15Cl2N/c1-2-3-4-5-10(9-16)12-7-6-11(14)8-13(12)15/h6-8,10H,2-5H2,1H3. The molecule has 1 nitrogen and oxygen atoms in total. The SMILES string of the molecule is CCCCCC(C#N)c1ccc(Cl)cc1Cl. The minimum absolute atomic E-state index is 0.115. The summed E-state index contributed by atoms with van der Waals surface area (Å²) in [6, 6.07) is 7.64. The molecule has 0 N–H and O–H groups in total. The number of nitriles is 1. The van der Waals surface area contributed by atoms with Gasteiger partial charge in [-0.2, -0.15) is 5.26 Å². The third-order valence-electron chi connectivity index (χ3n) is 2.59. The molecule has 0 saturated heterocycles. The van der Waals surface area contributed by atoms with Crippen LogP contribution in [0.3, 0.4) is 0 Å². The highest BCUT2D eigenvalue weighted by atomic mass is 35.5. The second kappa shape index (κ2) is 6.78. The summed E-state index contributed by atoms with van der Waals surface area (Å²) >= 11 is 11.9. The fourth-order valence-electron chi connectivity index (χ4n) is 1.67. The molecule has 1 unspecified atom stereocenters. The zero-order valence-corrected chi connectivity index (χ0v) is 10.9. The Kier molecular flexibility index (Phi) is 5.66. The molecule has 0 saturated carbocycles. The Hall–Kier alpha value is -0.710. The maximum Gasteiger partial charge on any atom is 0.0727 e. The van der Waals surface area contributed by atoms with Crippen molar-refractivity contribution in [2.45, 2.75) is 38.5 Å². The van der Waals surface area contributed by atoms with Crippen LogP contribution >= 0.6 is 23.2 Å². The van der Waals surface area contributed by atoms with E-state index in [-0.39, 0.29) is 5.92 Å². The molecule has 16 heavy (non-hydrogen) atoms. The Morgan fingerprint density at radius 1 is 1.31 bits per heavy atom. The van der Waals surface area contributed by atoms with E-state index in [1.165, 1.54) is 0 Å². The van der Waals surface area contributed by atoms with Crippen molar-refractivity contribution in [3.8, 4) is 6.07 Å². The first-order valence-corrected chi connectivity index (χ1v) is 6.29. The van der Waals surface area contributed by atoms with E-state index in [0.29, 0.717) is 10.0 Å². The van der Waals surface area contributed by atoms with Crippen LogP contribution in [0, 0.1) is 11.3 Å². The number of benzene rings is 1. The van der Waals surface area contributed by atoms with Gasteiger partial charge in [0.05, 0.1) is 12.0 Å². The molecule has 0 heterocycles. The lowest BCUT2D eigenvalue weighted by atomic mass is 9.94. The average Bonchev–Trinajstić information content (AvgIpc) is 2.26. The quantitative estimate of drug-likeness (QED) is 0.666. The third-order valence-corrected chi connectivity index (χ3v) is 3.15. The second-order valence-electron chi connectivity index (χ2n) is 3.84. The molecule has 1 aromatic rings. The van der Waals surface area contributed by atoms with E-state index in [1.54, 1.807) is 12.1 Å². The van der Waals surface area contributed by atoms with Crippen molar-refractivity contribution in [1.82, 2.24) is 0 Å². The highest BCUT2D eigenvalue weighted by Crippen LogP contribution is 2.30.